The van der Waals surface area contributed by atoms with Crippen LogP contribution in [0, 0.1) is 5.92 Å². The summed E-state index contributed by atoms with van der Waals surface area (Å²) in [4.78, 5) is 39.8. The van der Waals surface area contributed by atoms with Crippen LogP contribution in [0.15, 0.2) is 94.5 Å². The number of hydrogen-bond donors (Lipinski definition) is 3. The lowest BCUT2D eigenvalue weighted by Crippen LogP contribution is -2.58. The molecule has 3 aromatic rings. The number of aliphatic hydroxyl groups is 1. The molecule has 0 aromatic heterocycles. The molecule has 3 aromatic carbocycles. The van der Waals surface area contributed by atoms with Crippen LogP contribution < -0.4 is 15.6 Å². The van der Waals surface area contributed by atoms with E-state index in [1.54, 1.807) is 84.9 Å². The highest BCUT2D eigenvalue weighted by molar-refractivity contribution is 9.10. The topological polar surface area (TPSA) is 111 Å². The Morgan fingerprint density at radius 1 is 1.00 bits per heavy atom. The molecule has 176 valence electrons. The maximum Gasteiger partial charge on any atom is 0.281 e. The molecule has 1 saturated heterocycles. The monoisotopic (exact) mass is 550 g/mol. The van der Waals surface area contributed by atoms with E-state index in [0.717, 1.165) is 10.7 Å². The summed E-state index contributed by atoms with van der Waals surface area (Å²) >= 11 is 8.51. The van der Waals surface area contributed by atoms with Crippen molar-refractivity contribution in [3.63, 3.8) is 0 Å². The Bertz CT molecular complexity index is 1260. The molecule has 0 bridgehead atoms. The van der Waals surface area contributed by atoms with Crippen molar-refractivity contribution in [2.24, 2.45) is 11.0 Å². The molecule has 1 fully saturated rings. The van der Waals surface area contributed by atoms with Gasteiger partial charge in [0.2, 0.25) is 5.91 Å². The second kappa shape index (κ2) is 10.3. The number of amides is 3. The molecule has 1 heterocycles. The molecule has 1 atom stereocenters. The number of carbonyl (C=O) groups excluding carboxylic acids is 3. The first kappa shape index (κ1) is 24.4. The van der Waals surface area contributed by atoms with Crippen molar-refractivity contribution in [1.82, 2.24) is 10.7 Å². The third-order valence-electron chi connectivity index (χ3n) is 5.39. The first-order valence-corrected chi connectivity index (χ1v) is 11.6. The summed E-state index contributed by atoms with van der Waals surface area (Å²) in [5, 5.41) is 17.7. The molecule has 0 aliphatic carbocycles. The molecule has 35 heavy (non-hydrogen) atoms. The van der Waals surface area contributed by atoms with E-state index in [9.17, 15) is 19.5 Å². The number of benzene rings is 3. The number of nitrogens with one attached hydrogen (secondary N) is 2. The molecule has 1 aliphatic rings. The van der Waals surface area contributed by atoms with Gasteiger partial charge in [0.1, 0.15) is 0 Å². The number of hydrazone groups is 1. The minimum absolute atomic E-state index is 0.0569. The average molecular weight is 551 g/mol. The Balaban J connectivity index is 1.57. The zero-order valence-electron chi connectivity index (χ0n) is 18.1. The van der Waals surface area contributed by atoms with E-state index in [-0.39, 0.29) is 5.11 Å². The minimum Gasteiger partial charge on any atom is -0.372 e. The molecule has 10 heteroatoms. The van der Waals surface area contributed by atoms with E-state index >= 15 is 0 Å². The summed E-state index contributed by atoms with van der Waals surface area (Å²) in [6, 6.07) is 23.6. The zero-order valence-corrected chi connectivity index (χ0v) is 20.5. The van der Waals surface area contributed by atoms with Gasteiger partial charge in [-0.2, -0.15) is 5.10 Å². The van der Waals surface area contributed by atoms with Crippen LogP contribution in [-0.2, 0) is 20.0 Å². The van der Waals surface area contributed by atoms with Gasteiger partial charge in [0.05, 0.1) is 5.69 Å². The van der Waals surface area contributed by atoms with Crippen molar-refractivity contribution < 1.29 is 19.5 Å². The molecule has 3 N–H and O–H groups in total. The number of hydrogen-bond acceptors (Lipinski definition) is 6. The lowest BCUT2D eigenvalue weighted by Gasteiger charge is -2.31. The van der Waals surface area contributed by atoms with E-state index < -0.39 is 29.2 Å². The number of carbonyl (C=O) groups is 3. The number of thiocarbonyl (C=S) groups is 1. The molecule has 0 saturated carbocycles. The van der Waals surface area contributed by atoms with E-state index in [0.29, 0.717) is 16.8 Å². The quantitative estimate of drug-likeness (QED) is 0.189. The summed E-state index contributed by atoms with van der Waals surface area (Å²) < 4.78 is 0.811. The van der Waals surface area contributed by atoms with Crippen molar-refractivity contribution >= 4 is 62.9 Å². The first-order chi connectivity index (χ1) is 16.8. The number of halogens is 1. The summed E-state index contributed by atoms with van der Waals surface area (Å²) in [6.45, 7) is 0. The summed E-state index contributed by atoms with van der Waals surface area (Å²) in [5.74, 6) is -3.49. The molecule has 0 unspecified atom stereocenters. The van der Waals surface area contributed by atoms with Crippen molar-refractivity contribution in [3.8, 4) is 0 Å². The van der Waals surface area contributed by atoms with Crippen molar-refractivity contribution in [3.05, 3.63) is 101 Å². The van der Waals surface area contributed by atoms with Gasteiger partial charge in [-0.15, -0.1) is 0 Å². The summed E-state index contributed by atoms with van der Waals surface area (Å²) in [5.41, 5.74) is 1.35. The van der Waals surface area contributed by atoms with E-state index in [2.05, 4.69) is 31.8 Å². The van der Waals surface area contributed by atoms with Crippen LogP contribution in [0.25, 0.3) is 0 Å². The van der Waals surface area contributed by atoms with Crippen molar-refractivity contribution in [2.45, 2.75) is 5.60 Å². The number of rotatable bonds is 6. The summed E-state index contributed by atoms with van der Waals surface area (Å²) in [7, 11) is 0. The van der Waals surface area contributed by atoms with Gasteiger partial charge >= 0.3 is 0 Å². The fourth-order valence-electron chi connectivity index (χ4n) is 3.60. The molecule has 4 rings (SSSR count). The Labute approximate surface area is 214 Å². The van der Waals surface area contributed by atoms with Gasteiger partial charge in [-0.1, -0.05) is 76.6 Å². The van der Waals surface area contributed by atoms with Gasteiger partial charge in [-0.3, -0.25) is 19.3 Å². The lowest BCUT2D eigenvalue weighted by molar-refractivity contribution is -0.137. The van der Waals surface area contributed by atoms with E-state index in [1.165, 1.54) is 4.90 Å². The fraction of sp³-hybridized carbons (Fsp3) is 0.0800. The SMILES string of the molecule is O=C1NC(=S)N(c2ccc(Br)cc2)C(=O)[C@H]1/C=N\NC(=O)C(O)(c1ccccc1)c1ccccc1. The van der Waals surface area contributed by atoms with E-state index in [4.69, 9.17) is 12.2 Å². The van der Waals surface area contributed by atoms with Crippen molar-refractivity contribution in [2.75, 3.05) is 4.90 Å². The van der Waals surface area contributed by atoms with E-state index in [1.807, 2.05) is 0 Å². The molecule has 0 radical (unpaired) electrons. The van der Waals surface area contributed by atoms with Crippen LogP contribution in [0.2, 0.25) is 0 Å². The van der Waals surface area contributed by atoms with Crippen LogP contribution in [0.1, 0.15) is 11.1 Å². The highest BCUT2D eigenvalue weighted by Crippen LogP contribution is 2.30. The second-order valence-electron chi connectivity index (χ2n) is 7.58. The summed E-state index contributed by atoms with van der Waals surface area (Å²) in [6.07, 6.45) is 1.01. The lowest BCUT2D eigenvalue weighted by atomic mass is 9.85. The van der Waals surface area contributed by atoms with Crippen LogP contribution in [0.4, 0.5) is 5.69 Å². The maximum absolute atomic E-state index is 13.1. The Morgan fingerprint density at radius 2 is 1.54 bits per heavy atom. The number of nitrogens with zero attached hydrogens (tertiary/aromatic N) is 2. The third-order valence-corrected chi connectivity index (χ3v) is 6.20. The largest absolute Gasteiger partial charge is 0.372 e. The van der Waals surface area contributed by atoms with Crippen LogP contribution in [-0.4, -0.2) is 34.2 Å². The van der Waals surface area contributed by atoms with Crippen LogP contribution in [0.3, 0.4) is 0 Å². The van der Waals surface area contributed by atoms with Gasteiger partial charge < -0.3 is 10.4 Å². The normalized spacial score (nSPS) is 16.3. The average Bonchev–Trinajstić information content (AvgIpc) is 2.87. The predicted molar refractivity (Wildman–Crippen MR) is 138 cm³/mol. The van der Waals surface area contributed by atoms with Gasteiger partial charge in [-0.25, -0.2) is 5.43 Å². The molecule has 1 aliphatic heterocycles. The van der Waals surface area contributed by atoms with Gasteiger partial charge in [-0.05, 0) is 47.6 Å². The Hall–Kier alpha value is -3.73. The smallest absolute Gasteiger partial charge is 0.281 e. The Kier molecular flexibility index (Phi) is 7.15. The zero-order chi connectivity index (χ0) is 25.0. The first-order valence-electron chi connectivity index (χ1n) is 10.4. The molecular weight excluding hydrogens is 532 g/mol. The molecular formula is C25H19BrN4O4S. The fourth-order valence-corrected chi connectivity index (χ4v) is 4.16. The maximum atomic E-state index is 13.1. The van der Waals surface area contributed by atoms with Crippen LogP contribution >= 0.6 is 28.1 Å². The molecule has 3 amide bonds. The standard InChI is InChI=1S/C25H19BrN4O4S/c26-18-11-13-19(14-12-18)30-22(32)20(21(31)28-24(30)35)15-27-29-23(33)25(34,16-7-3-1-4-8-16)17-9-5-2-6-10-17/h1-15,20,34H,(H,29,33)(H,28,31,35)/b27-15-/t20-/m0/s1. The molecule has 8 nitrogen and oxygen atoms in total. The van der Waals surface area contributed by atoms with Gasteiger partial charge in [0, 0.05) is 10.7 Å². The number of anilines is 1. The van der Waals surface area contributed by atoms with Gasteiger partial charge in [0.25, 0.3) is 11.8 Å². The predicted octanol–water partition coefficient (Wildman–Crippen LogP) is 2.85. The minimum atomic E-state index is -2.05. The van der Waals surface area contributed by atoms with Crippen molar-refractivity contribution in [1.29, 1.82) is 0 Å². The Morgan fingerprint density at radius 3 is 2.09 bits per heavy atom. The second-order valence-corrected chi connectivity index (χ2v) is 8.89. The third kappa shape index (κ3) is 4.90. The van der Waals surface area contributed by atoms with Gasteiger partial charge in [0.15, 0.2) is 16.6 Å². The highest BCUT2D eigenvalue weighted by atomic mass is 79.9. The van der Waals surface area contributed by atoms with Crippen LogP contribution in [0.5, 0.6) is 0 Å². The molecule has 0 spiro atoms. The highest BCUT2D eigenvalue weighted by Gasteiger charge is 2.41.